The highest BCUT2D eigenvalue weighted by Gasteiger charge is 2.25. The van der Waals surface area contributed by atoms with Crippen LogP contribution in [-0.4, -0.2) is 36.7 Å². The molecule has 1 fully saturated rings. The monoisotopic (exact) mass is 478 g/mol. The largest absolute Gasteiger partial charge is 0.306 e. The third-order valence-corrected chi connectivity index (χ3v) is 7.51. The van der Waals surface area contributed by atoms with Crippen LogP contribution in [0, 0.1) is 0 Å². The standard InChI is InChI=1S/C30H58N2O2/c1-3-5-7-9-11-13-15-17-21-27(33)25-31-29-23-19-20-24-30(29)32-26-28(34)22-18-16-14-12-10-8-6-4-2/h29-32H,3-26H2,1-2H3. The maximum Gasteiger partial charge on any atom is 0.146 e. The summed E-state index contributed by atoms with van der Waals surface area (Å²) in [6.07, 6.45) is 26.4. The van der Waals surface area contributed by atoms with E-state index in [0.717, 1.165) is 25.7 Å². The fourth-order valence-corrected chi connectivity index (χ4v) is 5.20. The van der Waals surface area contributed by atoms with Gasteiger partial charge >= 0.3 is 0 Å². The molecule has 4 nitrogen and oxygen atoms in total. The number of hydrogen-bond acceptors (Lipinski definition) is 4. The molecular weight excluding hydrogens is 420 g/mol. The average molecular weight is 479 g/mol. The Labute approximate surface area is 212 Å². The first-order valence-electron chi connectivity index (χ1n) is 15.2. The van der Waals surface area contributed by atoms with Gasteiger partial charge in [0.1, 0.15) is 11.6 Å². The highest BCUT2D eigenvalue weighted by atomic mass is 16.1. The predicted molar refractivity (Wildman–Crippen MR) is 147 cm³/mol. The number of carbonyl (C=O) groups is 2. The van der Waals surface area contributed by atoms with Crippen molar-refractivity contribution in [2.75, 3.05) is 13.1 Å². The molecule has 2 unspecified atom stereocenters. The van der Waals surface area contributed by atoms with E-state index in [2.05, 4.69) is 24.5 Å². The number of hydrogen-bond donors (Lipinski definition) is 2. The third-order valence-electron chi connectivity index (χ3n) is 7.51. The van der Waals surface area contributed by atoms with Gasteiger partial charge in [0.2, 0.25) is 0 Å². The fraction of sp³-hybridized carbons (Fsp3) is 0.933. The molecule has 0 spiro atoms. The lowest BCUT2D eigenvalue weighted by molar-refractivity contribution is -0.119. The lowest BCUT2D eigenvalue weighted by Crippen LogP contribution is -2.52. The first kappa shape index (κ1) is 31.3. The van der Waals surface area contributed by atoms with E-state index in [1.165, 1.54) is 103 Å². The van der Waals surface area contributed by atoms with E-state index in [0.29, 0.717) is 49.6 Å². The Morgan fingerprint density at radius 2 is 0.853 bits per heavy atom. The zero-order valence-corrected chi connectivity index (χ0v) is 22.9. The lowest BCUT2D eigenvalue weighted by Gasteiger charge is -2.33. The Hall–Kier alpha value is -0.740. The Kier molecular flexibility index (Phi) is 20.9. The van der Waals surface area contributed by atoms with Crippen molar-refractivity contribution in [1.82, 2.24) is 10.6 Å². The van der Waals surface area contributed by atoms with E-state index in [9.17, 15) is 9.59 Å². The molecular formula is C30H58N2O2. The second-order valence-corrected chi connectivity index (χ2v) is 10.8. The van der Waals surface area contributed by atoms with Gasteiger partial charge in [-0.2, -0.15) is 0 Å². The molecule has 0 amide bonds. The SMILES string of the molecule is CCCCCCCCCCC(=O)CNC1CCCCC1NCC(=O)CCCCCCCCCC. The molecule has 0 aromatic heterocycles. The predicted octanol–water partition coefficient (Wildman–Crippen LogP) is 7.68. The summed E-state index contributed by atoms with van der Waals surface area (Å²) in [5, 5.41) is 7.06. The van der Waals surface area contributed by atoms with Crippen LogP contribution in [0.25, 0.3) is 0 Å². The van der Waals surface area contributed by atoms with Gasteiger partial charge in [0.25, 0.3) is 0 Å². The summed E-state index contributed by atoms with van der Waals surface area (Å²) >= 11 is 0. The van der Waals surface area contributed by atoms with Crippen LogP contribution < -0.4 is 10.6 Å². The minimum atomic E-state index is 0.326. The van der Waals surface area contributed by atoms with Gasteiger partial charge in [0.05, 0.1) is 13.1 Å². The first-order valence-corrected chi connectivity index (χ1v) is 15.2. The van der Waals surface area contributed by atoms with Crippen molar-refractivity contribution < 1.29 is 9.59 Å². The van der Waals surface area contributed by atoms with Crippen LogP contribution in [-0.2, 0) is 9.59 Å². The topological polar surface area (TPSA) is 58.2 Å². The van der Waals surface area contributed by atoms with Crippen molar-refractivity contribution in [3.8, 4) is 0 Å². The lowest BCUT2D eigenvalue weighted by atomic mass is 9.90. The minimum Gasteiger partial charge on any atom is -0.306 e. The number of ketones is 2. The molecule has 0 aromatic carbocycles. The van der Waals surface area contributed by atoms with E-state index in [1.54, 1.807) is 0 Å². The average Bonchev–Trinajstić information content (AvgIpc) is 2.85. The minimum absolute atomic E-state index is 0.326. The molecule has 0 aliphatic heterocycles. The number of rotatable bonds is 24. The molecule has 2 atom stereocenters. The first-order chi connectivity index (χ1) is 16.7. The summed E-state index contributed by atoms with van der Waals surface area (Å²) in [5.41, 5.74) is 0. The Morgan fingerprint density at radius 1 is 0.529 bits per heavy atom. The van der Waals surface area contributed by atoms with Crippen molar-refractivity contribution in [3.05, 3.63) is 0 Å². The van der Waals surface area contributed by atoms with E-state index in [4.69, 9.17) is 0 Å². The van der Waals surface area contributed by atoms with Crippen LogP contribution >= 0.6 is 0 Å². The zero-order valence-electron chi connectivity index (χ0n) is 22.9. The molecule has 1 aliphatic carbocycles. The molecule has 0 heterocycles. The van der Waals surface area contributed by atoms with E-state index < -0.39 is 0 Å². The van der Waals surface area contributed by atoms with Crippen LogP contribution in [0.5, 0.6) is 0 Å². The zero-order chi connectivity index (χ0) is 24.7. The molecule has 0 bridgehead atoms. The van der Waals surface area contributed by atoms with Crippen LogP contribution in [0.2, 0.25) is 0 Å². The normalized spacial score (nSPS) is 18.3. The maximum absolute atomic E-state index is 12.3. The second kappa shape index (κ2) is 22.7. The van der Waals surface area contributed by atoms with Crippen molar-refractivity contribution in [1.29, 1.82) is 0 Å². The van der Waals surface area contributed by atoms with Gasteiger partial charge in [-0.25, -0.2) is 0 Å². The van der Waals surface area contributed by atoms with Crippen molar-refractivity contribution in [2.45, 2.75) is 167 Å². The van der Waals surface area contributed by atoms with Gasteiger partial charge in [0, 0.05) is 24.9 Å². The van der Waals surface area contributed by atoms with Crippen molar-refractivity contribution >= 4 is 11.6 Å². The van der Waals surface area contributed by atoms with Crippen molar-refractivity contribution in [3.63, 3.8) is 0 Å². The summed E-state index contributed by atoms with van der Waals surface area (Å²) in [6.45, 7) is 5.49. The third kappa shape index (κ3) is 17.7. The van der Waals surface area contributed by atoms with Crippen molar-refractivity contribution in [2.24, 2.45) is 0 Å². The summed E-state index contributed by atoms with van der Waals surface area (Å²) in [7, 11) is 0. The number of nitrogens with one attached hydrogen (secondary N) is 2. The molecule has 0 radical (unpaired) electrons. The maximum atomic E-state index is 12.3. The Balaban J connectivity index is 2.08. The smallest absolute Gasteiger partial charge is 0.146 e. The number of Topliss-reactive ketones (excluding diaryl/α,β-unsaturated/α-hetero) is 2. The molecule has 4 heteroatoms. The molecule has 200 valence electrons. The van der Waals surface area contributed by atoms with Crippen LogP contribution in [0.4, 0.5) is 0 Å². The van der Waals surface area contributed by atoms with Gasteiger partial charge in [-0.3, -0.25) is 9.59 Å². The van der Waals surface area contributed by atoms with Gasteiger partial charge in [-0.05, 0) is 25.7 Å². The van der Waals surface area contributed by atoms with Crippen LogP contribution in [0.1, 0.15) is 155 Å². The summed E-state index contributed by atoms with van der Waals surface area (Å²) in [6, 6.07) is 0.652. The molecule has 0 aromatic rings. The van der Waals surface area contributed by atoms with Gasteiger partial charge in [-0.1, -0.05) is 117 Å². The van der Waals surface area contributed by atoms with Crippen LogP contribution in [0.15, 0.2) is 0 Å². The highest BCUT2D eigenvalue weighted by molar-refractivity contribution is 5.80. The number of unbranched alkanes of at least 4 members (excludes halogenated alkanes) is 14. The summed E-state index contributed by atoms with van der Waals surface area (Å²) in [5.74, 6) is 0.696. The molecule has 1 saturated carbocycles. The molecule has 1 rings (SSSR count). The number of carbonyl (C=O) groups excluding carboxylic acids is 2. The van der Waals surface area contributed by atoms with E-state index in [1.807, 2.05) is 0 Å². The fourth-order valence-electron chi connectivity index (χ4n) is 5.20. The Morgan fingerprint density at radius 3 is 1.21 bits per heavy atom. The Bertz CT molecular complexity index is 450. The van der Waals surface area contributed by atoms with E-state index in [-0.39, 0.29) is 0 Å². The molecule has 1 aliphatic rings. The quantitative estimate of drug-likeness (QED) is 0.140. The molecule has 0 saturated heterocycles. The highest BCUT2D eigenvalue weighted by Crippen LogP contribution is 2.19. The molecule has 34 heavy (non-hydrogen) atoms. The van der Waals surface area contributed by atoms with Crippen LogP contribution in [0.3, 0.4) is 0 Å². The summed E-state index contributed by atoms with van der Waals surface area (Å²) < 4.78 is 0. The van der Waals surface area contributed by atoms with Gasteiger partial charge < -0.3 is 10.6 Å². The summed E-state index contributed by atoms with van der Waals surface area (Å²) in [4.78, 5) is 24.7. The second-order valence-electron chi connectivity index (χ2n) is 10.8. The van der Waals surface area contributed by atoms with Gasteiger partial charge in [-0.15, -0.1) is 0 Å². The van der Waals surface area contributed by atoms with Gasteiger partial charge in [0.15, 0.2) is 0 Å². The molecule has 2 N–H and O–H groups in total. The van der Waals surface area contributed by atoms with E-state index >= 15 is 0 Å².